The van der Waals surface area contributed by atoms with Gasteiger partial charge in [0.25, 0.3) is 0 Å². The lowest BCUT2D eigenvalue weighted by atomic mass is 9.92. The lowest BCUT2D eigenvalue weighted by Crippen LogP contribution is -2.12. The molecule has 7 rings (SSSR count). The van der Waals surface area contributed by atoms with Gasteiger partial charge in [0.15, 0.2) is 34.5 Å². The monoisotopic (exact) mass is 681 g/mol. The van der Waals surface area contributed by atoms with E-state index in [9.17, 15) is 35.7 Å². The zero-order valence-corrected chi connectivity index (χ0v) is 28.5. The Morgan fingerprint density at radius 1 is 0.510 bits per heavy atom. The molecule has 0 saturated carbocycles. The second-order valence-corrected chi connectivity index (χ2v) is 11.9. The maximum Gasteiger partial charge on any atom is 0.186 e. The number of phenols is 7. The van der Waals surface area contributed by atoms with E-state index in [1.165, 1.54) is 0 Å². The number of phenolic OH excluding ortho intramolecular Hbond substituents is 7. The number of hydrogen-bond acceptors (Lipinski definition) is 8. The number of hydrogen-bond donors (Lipinski definition) is 7. The molecule has 51 heavy (non-hydrogen) atoms. The molecule has 0 spiro atoms. The van der Waals surface area contributed by atoms with Crippen LogP contribution < -0.4 is 4.90 Å². The molecule has 0 amide bonds. The molecule has 8 heteroatoms. The predicted molar refractivity (Wildman–Crippen MR) is 204 cm³/mol. The van der Waals surface area contributed by atoms with Crippen LogP contribution in [0.3, 0.4) is 0 Å². The van der Waals surface area contributed by atoms with Crippen molar-refractivity contribution < 1.29 is 35.7 Å². The quantitative estimate of drug-likeness (QED) is 0.0679. The highest BCUT2D eigenvalue weighted by Crippen LogP contribution is 2.62. The Bertz CT molecular complexity index is 2250. The molecule has 6 aromatic rings. The van der Waals surface area contributed by atoms with Gasteiger partial charge in [-0.3, -0.25) is 4.90 Å². The molecule has 0 unspecified atom stereocenters. The lowest BCUT2D eigenvalue weighted by molar-refractivity contribution is 0.376. The molecular weight excluding hydrogens is 642 g/mol. The van der Waals surface area contributed by atoms with Crippen molar-refractivity contribution in [3.8, 4) is 62.5 Å². The molecule has 8 nitrogen and oxygen atoms in total. The molecule has 0 bridgehead atoms. The number of benzene rings is 6. The summed E-state index contributed by atoms with van der Waals surface area (Å²) in [5, 5.41) is 82.6. The molecular formula is C43H39NO7. The number of aromatic hydroxyl groups is 7. The number of rotatable bonds is 6. The molecule has 0 radical (unpaired) electrons. The summed E-state index contributed by atoms with van der Waals surface area (Å²) < 4.78 is 0. The molecule has 1 aliphatic carbocycles. The fraction of sp³-hybridized carbons (Fsp3) is 0.116. The van der Waals surface area contributed by atoms with E-state index in [-0.39, 0.29) is 22.4 Å². The molecule has 0 heterocycles. The molecule has 6 aromatic carbocycles. The van der Waals surface area contributed by atoms with E-state index in [1.807, 2.05) is 68.5 Å². The first-order valence-corrected chi connectivity index (χ1v) is 16.8. The molecule has 0 aliphatic heterocycles. The van der Waals surface area contributed by atoms with Crippen LogP contribution in [0.15, 0.2) is 115 Å². The predicted octanol–water partition coefficient (Wildman–Crippen LogP) is 10.7. The maximum atomic E-state index is 11.8. The normalized spacial score (nSPS) is 12.3. The lowest BCUT2D eigenvalue weighted by Gasteiger charge is -2.30. The zero-order chi connectivity index (χ0) is 36.4. The molecule has 0 aromatic heterocycles. The van der Waals surface area contributed by atoms with Crippen molar-refractivity contribution in [1.29, 1.82) is 0 Å². The first-order chi connectivity index (χ1) is 24.7. The molecule has 7 N–H and O–H groups in total. The topological polar surface area (TPSA) is 145 Å². The van der Waals surface area contributed by atoms with Gasteiger partial charge >= 0.3 is 0 Å². The van der Waals surface area contributed by atoms with Crippen molar-refractivity contribution in [3.63, 3.8) is 0 Å². The number of nitrogens with zero attached hydrogens (tertiary/aromatic N) is 1. The zero-order valence-electron chi connectivity index (χ0n) is 28.5. The second-order valence-electron chi connectivity index (χ2n) is 11.9. The van der Waals surface area contributed by atoms with Crippen molar-refractivity contribution >= 4 is 33.4 Å². The maximum absolute atomic E-state index is 11.8. The highest BCUT2D eigenvalue weighted by molar-refractivity contribution is 6.00. The van der Waals surface area contributed by atoms with Gasteiger partial charge in [-0.1, -0.05) is 117 Å². The molecule has 1 aliphatic rings. The summed E-state index contributed by atoms with van der Waals surface area (Å²) in [5.41, 5.74) is 2.19. The summed E-state index contributed by atoms with van der Waals surface area (Å²) in [6.07, 6.45) is 7.13. The van der Waals surface area contributed by atoms with Crippen LogP contribution in [0.1, 0.15) is 37.8 Å². The van der Waals surface area contributed by atoms with E-state index in [1.54, 1.807) is 67.6 Å². The second kappa shape index (κ2) is 14.1. The van der Waals surface area contributed by atoms with Crippen LogP contribution in [-0.2, 0) is 0 Å². The van der Waals surface area contributed by atoms with Crippen LogP contribution >= 0.6 is 0 Å². The minimum absolute atomic E-state index is 0.203. The fourth-order valence-corrected chi connectivity index (χ4v) is 6.59. The number of fused-ring (bicyclic) bond motifs is 1. The van der Waals surface area contributed by atoms with Crippen molar-refractivity contribution in [2.24, 2.45) is 0 Å². The van der Waals surface area contributed by atoms with E-state index in [0.29, 0.717) is 17.6 Å². The Morgan fingerprint density at radius 2 is 1.08 bits per heavy atom. The molecule has 0 saturated heterocycles. The van der Waals surface area contributed by atoms with Gasteiger partial charge in [-0.2, -0.15) is 0 Å². The van der Waals surface area contributed by atoms with Gasteiger partial charge in [-0.15, -0.1) is 0 Å². The van der Waals surface area contributed by atoms with E-state index in [2.05, 4.69) is 0 Å². The third-order valence-electron chi connectivity index (χ3n) is 9.03. The first-order valence-electron chi connectivity index (χ1n) is 16.8. The summed E-state index contributed by atoms with van der Waals surface area (Å²) in [5.74, 6) is -4.93. The summed E-state index contributed by atoms with van der Waals surface area (Å²) >= 11 is 0. The van der Waals surface area contributed by atoms with Crippen LogP contribution in [0.4, 0.5) is 17.1 Å². The van der Waals surface area contributed by atoms with Gasteiger partial charge in [0, 0.05) is 16.8 Å². The van der Waals surface area contributed by atoms with Gasteiger partial charge in [0.05, 0.1) is 5.56 Å². The molecule has 0 fully saturated rings. The summed E-state index contributed by atoms with van der Waals surface area (Å²) in [7, 11) is 0. The van der Waals surface area contributed by atoms with Crippen molar-refractivity contribution in [1.82, 2.24) is 0 Å². The Morgan fingerprint density at radius 3 is 1.71 bits per heavy atom. The SMILES string of the molecule is CC.Cc1c(O)c(N(c2ccc(-c3cccc4ccccc34)cc2)c2c(O)c(O)c(-c3ccccc3)c(O)c2O)c(O)c(O)c1C1=CCCC=C1. The van der Waals surface area contributed by atoms with Crippen molar-refractivity contribution in [2.45, 2.75) is 33.6 Å². The van der Waals surface area contributed by atoms with Gasteiger partial charge < -0.3 is 35.7 Å². The van der Waals surface area contributed by atoms with Gasteiger partial charge in [-0.05, 0) is 64.9 Å². The smallest absolute Gasteiger partial charge is 0.186 e. The molecule has 258 valence electrons. The van der Waals surface area contributed by atoms with Crippen LogP contribution in [0, 0.1) is 6.92 Å². The Balaban J connectivity index is 0.00000220. The highest BCUT2D eigenvalue weighted by Gasteiger charge is 2.35. The van der Waals surface area contributed by atoms with Crippen LogP contribution in [0.2, 0.25) is 0 Å². The minimum atomic E-state index is -0.842. The average molecular weight is 682 g/mol. The molecule has 0 atom stereocenters. The van der Waals surface area contributed by atoms with Crippen molar-refractivity contribution in [3.05, 3.63) is 126 Å². The van der Waals surface area contributed by atoms with Crippen LogP contribution in [-0.4, -0.2) is 35.7 Å². The van der Waals surface area contributed by atoms with Crippen molar-refractivity contribution in [2.75, 3.05) is 4.90 Å². The fourth-order valence-electron chi connectivity index (χ4n) is 6.59. The average Bonchev–Trinajstić information content (AvgIpc) is 3.17. The Kier molecular flexibility index (Phi) is 9.51. The third-order valence-corrected chi connectivity index (χ3v) is 9.03. The van der Waals surface area contributed by atoms with E-state index >= 15 is 0 Å². The Labute approximate surface area is 296 Å². The van der Waals surface area contributed by atoms with E-state index in [4.69, 9.17) is 0 Å². The third kappa shape index (κ3) is 5.91. The number of allylic oxidation sites excluding steroid dienone is 4. The number of anilines is 3. The largest absolute Gasteiger partial charge is 0.505 e. The van der Waals surface area contributed by atoms with Crippen LogP contribution in [0.5, 0.6) is 40.2 Å². The summed E-state index contributed by atoms with van der Waals surface area (Å²) in [4.78, 5) is 1.10. The minimum Gasteiger partial charge on any atom is -0.505 e. The van der Waals surface area contributed by atoms with E-state index in [0.717, 1.165) is 33.2 Å². The summed E-state index contributed by atoms with van der Waals surface area (Å²) in [6, 6.07) is 29.0. The van der Waals surface area contributed by atoms with Gasteiger partial charge in [-0.25, -0.2) is 0 Å². The van der Waals surface area contributed by atoms with E-state index < -0.39 is 51.6 Å². The van der Waals surface area contributed by atoms with Gasteiger partial charge in [0.1, 0.15) is 17.1 Å². The summed E-state index contributed by atoms with van der Waals surface area (Å²) in [6.45, 7) is 5.57. The van der Waals surface area contributed by atoms with Crippen LogP contribution in [0.25, 0.3) is 38.6 Å². The first kappa shape index (κ1) is 34.3. The Hall–Kier alpha value is -6.54. The van der Waals surface area contributed by atoms with Gasteiger partial charge in [0.2, 0.25) is 0 Å². The standard InChI is InChI=1S/C41H33NO7.C2H6/c1-23-31(26-12-4-2-5-13-26)36(44)39(47)33(35(23)43)42(34-40(48)37(45)32(38(46)41(34)49)27-14-6-3-7-15-27)28-21-19-25(20-22-28)30-18-10-16-24-11-8-9-17-29(24)30;1-2/h3-4,6-22,43-49H,2,5H2,1H3;1-2H3. The highest BCUT2D eigenvalue weighted by atomic mass is 16.3.